The van der Waals surface area contributed by atoms with E-state index >= 15 is 0 Å². The van der Waals surface area contributed by atoms with Crippen molar-refractivity contribution in [2.45, 2.75) is 6.42 Å². The van der Waals surface area contributed by atoms with Gasteiger partial charge in [0.15, 0.2) is 0 Å². The number of hydrogen-bond donors (Lipinski definition) is 2. The van der Waals surface area contributed by atoms with Crippen molar-refractivity contribution >= 4 is 28.3 Å². The molecule has 0 atom stereocenters. The van der Waals surface area contributed by atoms with Crippen molar-refractivity contribution in [1.29, 1.82) is 0 Å². The molecular formula is C24H20N4O4. The molecule has 0 aliphatic carbocycles. The van der Waals surface area contributed by atoms with Crippen molar-refractivity contribution in [1.82, 2.24) is 10.2 Å². The normalized spacial score (nSPS) is 10.5. The second-order valence-corrected chi connectivity index (χ2v) is 6.90. The molecule has 0 fully saturated rings. The summed E-state index contributed by atoms with van der Waals surface area (Å²) in [4.78, 5) is 23.2. The molecule has 8 nitrogen and oxygen atoms in total. The quantitative estimate of drug-likeness (QED) is 0.439. The van der Waals surface area contributed by atoms with Crippen LogP contribution in [-0.4, -0.2) is 28.6 Å². The van der Waals surface area contributed by atoms with Crippen LogP contribution in [0.2, 0.25) is 0 Å². The van der Waals surface area contributed by atoms with Crippen LogP contribution in [0, 0.1) is 0 Å². The predicted molar refractivity (Wildman–Crippen MR) is 120 cm³/mol. The summed E-state index contributed by atoms with van der Waals surface area (Å²) in [7, 11) is 0. The Morgan fingerprint density at radius 2 is 1.62 bits per heavy atom. The molecule has 160 valence electrons. The molecule has 3 aromatic carbocycles. The molecule has 4 aromatic rings. The molecule has 1 heterocycles. The fraction of sp³-hybridized carbons (Fsp3) is 0.0833. The number of anilines is 1. The molecule has 0 aliphatic rings. The summed E-state index contributed by atoms with van der Waals surface area (Å²) in [5.41, 5.74) is 6.23. The number of carbonyl (C=O) groups is 2. The van der Waals surface area contributed by atoms with Crippen LogP contribution in [0.4, 0.5) is 5.69 Å². The van der Waals surface area contributed by atoms with Gasteiger partial charge in [0, 0.05) is 22.0 Å². The maximum absolute atomic E-state index is 12.2. The molecule has 32 heavy (non-hydrogen) atoms. The first-order chi connectivity index (χ1) is 15.6. The van der Waals surface area contributed by atoms with E-state index in [-0.39, 0.29) is 18.9 Å². The fourth-order valence-electron chi connectivity index (χ4n) is 3.00. The second-order valence-electron chi connectivity index (χ2n) is 6.90. The number of nitrogens with two attached hydrogens (primary N) is 1. The summed E-state index contributed by atoms with van der Waals surface area (Å²) in [6.45, 7) is 0.197. The molecule has 0 aliphatic heterocycles. The predicted octanol–water partition coefficient (Wildman–Crippen LogP) is 3.93. The van der Waals surface area contributed by atoms with E-state index in [1.165, 1.54) is 0 Å². The Morgan fingerprint density at radius 1 is 0.906 bits per heavy atom. The van der Waals surface area contributed by atoms with Gasteiger partial charge >= 0.3 is 0 Å². The number of rotatable bonds is 8. The van der Waals surface area contributed by atoms with Gasteiger partial charge in [-0.15, -0.1) is 5.10 Å². The van der Waals surface area contributed by atoms with E-state index in [2.05, 4.69) is 15.5 Å². The zero-order valence-electron chi connectivity index (χ0n) is 17.0. The number of nitrogens with one attached hydrogen (secondary N) is 1. The third-order valence-corrected chi connectivity index (χ3v) is 4.63. The van der Waals surface area contributed by atoms with Crippen LogP contribution in [0.1, 0.15) is 16.8 Å². The summed E-state index contributed by atoms with van der Waals surface area (Å²) in [5, 5.41) is 12.6. The van der Waals surface area contributed by atoms with Gasteiger partial charge in [-0.3, -0.25) is 9.59 Å². The number of primary amides is 1. The third-order valence-electron chi connectivity index (χ3n) is 4.63. The standard InChI is InChI=1S/C24H20N4O4/c25-23(30)16-5-9-19(10-6-16)31-14-13-22(29)27-18-7-11-20(12-8-18)32-24-21-4-2-1-3-17(21)15-26-28-24/h1-12,15H,13-14H2,(H2,25,30)(H,27,29). The smallest absolute Gasteiger partial charge is 0.248 e. The Kier molecular flexibility index (Phi) is 6.22. The SMILES string of the molecule is NC(=O)c1ccc(OCCC(=O)Nc2ccc(Oc3nncc4ccccc34)cc2)cc1. The number of benzene rings is 3. The van der Waals surface area contributed by atoms with Gasteiger partial charge in [-0.2, -0.15) is 5.10 Å². The number of carbonyl (C=O) groups excluding carboxylic acids is 2. The fourth-order valence-corrected chi connectivity index (χ4v) is 3.00. The van der Waals surface area contributed by atoms with Crippen molar-refractivity contribution in [3.63, 3.8) is 0 Å². The number of amides is 2. The van der Waals surface area contributed by atoms with Crippen LogP contribution >= 0.6 is 0 Å². The van der Waals surface area contributed by atoms with Gasteiger partial charge in [0.05, 0.1) is 19.2 Å². The first kappa shape index (κ1) is 20.8. The van der Waals surface area contributed by atoms with E-state index in [0.717, 1.165) is 10.8 Å². The van der Waals surface area contributed by atoms with Gasteiger partial charge in [-0.1, -0.05) is 18.2 Å². The minimum Gasteiger partial charge on any atom is -0.493 e. The average molecular weight is 428 g/mol. The zero-order valence-corrected chi connectivity index (χ0v) is 17.0. The van der Waals surface area contributed by atoms with E-state index in [9.17, 15) is 9.59 Å². The van der Waals surface area contributed by atoms with Crippen molar-refractivity contribution in [2.24, 2.45) is 5.73 Å². The molecule has 4 rings (SSSR count). The number of fused-ring (bicyclic) bond motifs is 1. The van der Waals surface area contributed by atoms with Crippen molar-refractivity contribution in [3.05, 3.63) is 84.6 Å². The second kappa shape index (κ2) is 9.57. The average Bonchev–Trinajstić information content (AvgIpc) is 2.81. The first-order valence-electron chi connectivity index (χ1n) is 9.89. The van der Waals surface area contributed by atoms with Crippen molar-refractivity contribution in [2.75, 3.05) is 11.9 Å². The topological polar surface area (TPSA) is 116 Å². The monoisotopic (exact) mass is 428 g/mol. The molecule has 0 spiro atoms. The molecule has 2 amide bonds. The van der Waals surface area contributed by atoms with Gasteiger partial charge in [0.25, 0.3) is 0 Å². The van der Waals surface area contributed by atoms with Gasteiger partial charge in [0.1, 0.15) is 11.5 Å². The summed E-state index contributed by atoms with van der Waals surface area (Å²) < 4.78 is 11.4. The van der Waals surface area contributed by atoms with E-state index in [1.54, 1.807) is 54.7 Å². The van der Waals surface area contributed by atoms with Gasteiger partial charge in [-0.05, 0) is 54.6 Å². The van der Waals surface area contributed by atoms with E-state index in [4.69, 9.17) is 15.2 Å². The van der Waals surface area contributed by atoms with Crippen molar-refractivity contribution in [3.8, 4) is 17.4 Å². The minimum absolute atomic E-state index is 0.168. The lowest BCUT2D eigenvalue weighted by molar-refractivity contribution is -0.116. The molecular weight excluding hydrogens is 408 g/mol. The highest BCUT2D eigenvalue weighted by Crippen LogP contribution is 2.27. The number of aromatic nitrogens is 2. The molecule has 0 bridgehead atoms. The highest BCUT2D eigenvalue weighted by atomic mass is 16.5. The lowest BCUT2D eigenvalue weighted by atomic mass is 10.2. The van der Waals surface area contributed by atoms with Crippen LogP contribution in [0.25, 0.3) is 10.8 Å². The maximum atomic E-state index is 12.2. The summed E-state index contributed by atoms with van der Waals surface area (Å²) in [5.74, 6) is 0.864. The molecule has 0 saturated carbocycles. The van der Waals surface area contributed by atoms with Crippen LogP contribution in [0.15, 0.2) is 79.0 Å². The van der Waals surface area contributed by atoms with Crippen LogP contribution < -0.4 is 20.5 Å². The lowest BCUT2D eigenvalue weighted by Gasteiger charge is -2.09. The summed E-state index contributed by atoms with van der Waals surface area (Å²) in [6.07, 6.45) is 1.85. The Morgan fingerprint density at radius 3 is 2.38 bits per heavy atom. The molecule has 0 unspecified atom stereocenters. The molecule has 3 N–H and O–H groups in total. The Balaban J connectivity index is 1.28. The Hall–Kier alpha value is -4.46. The molecule has 1 aromatic heterocycles. The van der Waals surface area contributed by atoms with E-state index in [0.29, 0.717) is 28.6 Å². The third kappa shape index (κ3) is 5.17. The van der Waals surface area contributed by atoms with Gasteiger partial charge in [-0.25, -0.2) is 0 Å². The lowest BCUT2D eigenvalue weighted by Crippen LogP contribution is -2.15. The first-order valence-corrected chi connectivity index (χ1v) is 9.89. The summed E-state index contributed by atoms with van der Waals surface area (Å²) in [6, 6.07) is 21.1. The number of nitrogens with zero attached hydrogens (tertiary/aromatic N) is 2. The minimum atomic E-state index is -0.502. The highest BCUT2D eigenvalue weighted by Gasteiger charge is 2.07. The molecule has 8 heteroatoms. The zero-order chi connectivity index (χ0) is 22.3. The highest BCUT2D eigenvalue weighted by molar-refractivity contribution is 5.93. The largest absolute Gasteiger partial charge is 0.493 e. The van der Waals surface area contributed by atoms with E-state index in [1.807, 2.05) is 24.3 Å². The summed E-state index contributed by atoms with van der Waals surface area (Å²) >= 11 is 0. The van der Waals surface area contributed by atoms with Crippen LogP contribution in [0.5, 0.6) is 17.4 Å². The van der Waals surface area contributed by atoms with Gasteiger partial charge in [0.2, 0.25) is 17.7 Å². The molecule has 0 radical (unpaired) electrons. The van der Waals surface area contributed by atoms with Crippen LogP contribution in [0.3, 0.4) is 0 Å². The molecule has 0 saturated heterocycles. The number of hydrogen-bond acceptors (Lipinski definition) is 6. The Bertz CT molecular complexity index is 1240. The van der Waals surface area contributed by atoms with Gasteiger partial charge < -0.3 is 20.5 Å². The van der Waals surface area contributed by atoms with Crippen molar-refractivity contribution < 1.29 is 19.1 Å². The van der Waals surface area contributed by atoms with Crippen LogP contribution in [-0.2, 0) is 4.79 Å². The number of ether oxygens (including phenoxy) is 2. The Labute approximate surface area is 184 Å². The maximum Gasteiger partial charge on any atom is 0.248 e. The van der Waals surface area contributed by atoms with E-state index < -0.39 is 5.91 Å².